The summed E-state index contributed by atoms with van der Waals surface area (Å²) in [4.78, 5) is 21.2. The number of nitrogens with one attached hydrogen (secondary N) is 2. The largest absolute Gasteiger partial charge is 0.494 e. The molecule has 1 aromatic heterocycles. The van der Waals surface area contributed by atoms with Crippen LogP contribution in [0.15, 0.2) is 54.6 Å². The Hall–Kier alpha value is -3.41. The molecule has 6 heteroatoms. The van der Waals surface area contributed by atoms with Crippen molar-refractivity contribution in [3.8, 4) is 5.75 Å². The number of carbonyl (C=O) groups excluding carboxylic acids is 1. The van der Waals surface area contributed by atoms with Gasteiger partial charge in [-0.25, -0.2) is 9.97 Å². The highest BCUT2D eigenvalue weighted by molar-refractivity contribution is 6.03. The number of nitrogens with zero attached hydrogens (tertiary/aromatic N) is 2. The lowest BCUT2D eigenvalue weighted by Crippen LogP contribution is -2.15. The molecule has 0 aliphatic rings. The summed E-state index contributed by atoms with van der Waals surface area (Å²) in [5.41, 5.74) is 3.35. The molecule has 0 unspecified atom stereocenters. The number of carbonyl (C=O) groups is 1. The zero-order chi connectivity index (χ0) is 19.9. The summed E-state index contributed by atoms with van der Waals surface area (Å²) in [7, 11) is 0. The Labute approximate surface area is 165 Å². The molecular formula is C22H24N4O2. The van der Waals surface area contributed by atoms with Crippen LogP contribution in [0.5, 0.6) is 5.75 Å². The third-order valence-corrected chi connectivity index (χ3v) is 4.09. The summed E-state index contributed by atoms with van der Waals surface area (Å²) in [6, 6.07) is 17.2. The third-order valence-electron chi connectivity index (χ3n) is 4.09. The first-order valence-corrected chi connectivity index (χ1v) is 9.23. The average Bonchev–Trinajstić information content (AvgIpc) is 2.69. The first-order chi connectivity index (χ1) is 13.5. The minimum atomic E-state index is -0.284. The molecule has 3 aromatic rings. The maximum Gasteiger partial charge on any atom is 0.274 e. The molecule has 0 atom stereocenters. The Morgan fingerprint density at radius 3 is 2.39 bits per heavy atom. The van der Waals surface area contributed by atoms with Crippen LogP contribution in [0.2, 0.25) is 0 Å². The zero-order valence-electron chi connectivity index (χ0n) is 16.3. The lowest BCUT2D eigenvalue weighted by atomic mass is 10.1. The van der Waals surface area contributed by atoms with Crippen LogP contribution in [0, 0.1) is 13.8 Å². The molecule has 0 aliphatic heterocycles. The van der Waals surface area contributed by atoms with Gasteiger partial charge in [-0.3, -0.25) is 4.79 Å². The van der Waals surface area contributed by atoms with E-state index >= 15 is 0 Å². The lowest BCUT2D eigenvalue weighted by molar-refractivity contribution is 0.102. The first-order valence-electron chi connectivity index (χ1n) is 9.23. The average molecular weight is 376 g/mol. The van der Waals surface area contributed by atoms with Gasteiger partial charge in [0.2, 0.25) is 0 Å². The quantitative estimate of drug-likeness (QED) is 0.641. The van der Waals surface area contributed by atoms with Crippen LogP contribution in [0.1, 0.15) is 34.4 Å². The molecule has 0 radical (unpaired) electrons. The van der Waals surface area contributed by atoms with Gasteiger partial charge in [-0.1, -0.05) is 29.8 Å². The van der Waals surface area contributed by atoms with Crippen LogP contribution in [0.4, 0.5) is 11.5 Å². The number of benzene rings is 2. The Kier molecular flexibility index (Phi) is 6.22. The van der Waals surface area contributed by atoms with E-state index in [2.05, 4.69) is 51.8 Å². The predicted octanol–water partition coefficient (Wildman–Crippen LogP) is 4.36. The van der Waals surface area contributed by atoms with Crippen molar-refractivity contribution < 1.29 is 9.53 Å². The smallest absolute Gasteiger partial charge is 0.274 e. The molecule has 1 amide bonds. The lowest BCUT2D eigenvalue weighted by Gasteiger charge is -2.10. The van der Waals surface area contributed by atoms with Crippen molar-refractivity contribution in [3.63, 3.8) is 0 Å². The van der Waals surface area contributed by atoms with Crippen molar-refractivity contribution in [3.05, 3.63) is 77.2 Å². The number of amides is 1. The van der Waals surface area contributed by atoms with Gasteiger partial charge in [0.25, 0.3) is 5.91 Å². The van der Waals surface area contributed by atoms with E-state index in [4.69, 9.17) is 4.74 Å². The predicted molar refractivity (Wildman–Crippen MR) is 111 cm³/mol. The van der Waals surface area contributed by atoms with E-state index in [0.717, 1.165) is 11.3 Å². The Morgan fingerprint density at radius 1 is 1.00 bits per heavy atom. The maximum atomic E-state index is 12.6. The second kappa shape index (κ2) is 8.99. The topological polar surface area (TPSA) is 76.1 Å². The summed E-state index contributed by atoms with van der Waals surface area (Å²) >= 11 is 0. The van der Waals surface area contributed by atoms with Gasteiger partial charge in [0, 0.05) is 18.3 Å². The van der Waals surface area contributed by atoms with Gasteiger partial charge in [-0.2, -0.15) is 0 Å². The van der Waals surface area contributed by atoms with E-state index < -0.39 is 0 Å². The van der Waals surface area contributed by atoms with Crippen molar-refractivity contribution >= 4 is 17.4 Å². The van der Waals surface area contributed by atoms with Gasteiger partial charge in [-0.05, 0) is 50.6 Å². The number of aryl methyl sites for hydroxylation is 2. The van der Waals surface area contributed by atoms with Crippen molar-refractivity contribution in [2.45, 2.75) is 27.3 Å². The van der Waals surface area contributed by atoms with Crippen LogP contribution < -0.4 is 15.4 Å². The molecule has 0 fully saturated rings. The van der Waals surface area contributed by atoms with Crippen LogP contribution in [0.3, 0.4) is 0 Å². The normalized spacial score (nSPS) is 10.4. The maximum absolute atomic E-state index is 12.6. The van der Waals surface area contributed by atoms with Crippen molar-refractivity contribution in [2.24, 2.45) is 0 Å². The number of hydrogen-bond acceptors (Lipinski definition) is 5. The highest BCUT2D eigenvalue weighted by atomic mass is 16.5. The van der Waals surface area contributed by atoms with Crippen LogP contribution in [-0.2, 0) is 6.54 Å². The molecule has 28 heavy (non-hydrogen) atoms. The highest BCUT2D eigenvalue weighted by Crippen LogP contribution is 2.17. The standard InChI is InChI=1S/C22H24N4O2/c1-4-28-19-11-9-18(10-12-19)26-22(27)20-13-21(25-16(3)24-20)23-14-17-7-5-15(2)6-8-17/h5-13H,4,14H2,1-3H3,(H,26,27)(H,23,24,25). The Balaban J connectivity index is 1.67. The summed E-state index contributed by atoms with van der Waals surface area (Å²) in [5.74, 6) is 1.63. The minimum Gasteiger partial charge on any atom is -0.494 e. The van der Waals surface area contributed by atoms with E-state index in [1.807, 2.05) is 19.1 Å². The van der Waals surface area contributed by atoms with Crippen LogP contribution in [-0.4, -0.2) is 22.5 Å². The molecular weight excluding hydrogens is 352 g/mol. The number of hydrogen-bond donors (Lipinski definition) is 2. The van der Waals surface area contributed by atoms with E-state index in [9.17, 15) is 4.79 Å². The van der Waals surface area contributed by atoms with Crippen LogP contribution in [0.25, 0.3) is 0 Å². The molecule has 6 nitrogen and oxygen atoms in total. The first kappa shape index (κ1) is 19.4. The van der Waals surface area contributed by atoms with E-state index in [1.54, 1.807) is 25.1 Å². The highest BCUT2D eigenvalue weighted by Gasteiger charge is 2.11. The molecule has 0 spiro atoms. The van der Waals surface area contributed by atoms with Gasteiger partial charge in [0.1, 0.15) is 23.1 Å². The summed E-state index contributed by atoms with van der Waals surface area (Å²) < 4.78 is 5.41. The van der Waals surface area contributed by atoms with Crippen molar-refractivity contribution in [2.75, 3.05) is 17.2 Å². The fourth-order valence-electron chi connectivity index (χ4n) is 2.67. The molecule has 2 aromatic carbocycles. The fourth-order valence-corrected chi connectivity index (χ4v) is 2.67. The number of aromatic nitrogens is 2. The molecule has 0 bridgehead atoms. The number of ether oxygens (including phenoxy) is 1. The Bertz CT molecular complexity index is 938. The SMILES string of the molecule is CCOc1ccc(NC(=O)c2cc(NCc3ccc(C)cc3)nc(C)n2)cc1. The van der Waals surface area contributed by atoms with E-state index in [0.29, 0.717) is 36.2 Å². The van der Waals surface area contributed by atoms with Gasteiger partial charge in [-0.15, -0.1) is 0 Å². The van der Waals surface area contributed by atoms with Crippen molar-refractivity contribution in [1.29, 1.82) is 0 Å². The molecule has 3 rings (SSSR count). The summed E-state index contributed by atoms with van der Waals surface area (Å²) in [5, 5.41) is 6.10. The molecule has 0 saturated heterocycles. The van der Waals surface area contributed by atoms with E-state index in [-0.39, 0.29) is 5.91 Å². The molecule has 0 aliphatic carbocycles. The van der Waals surface area contributed by atoms with Gasteiger partial charge in [0.05, 0.1) is 6.61 Å². The molecule has 0 saturated carbocycles. The molecule has 1 heterocycles. The second-order valence-corrected chi connectivity index (χ2v) is 6.44. The second-order valence-electron chi connectivity index (χ2n) is 6.44. The number of anilines is 2. The molecule has 2 N–H and O–H groups in total. The summed E-state index contributed by atoms with van der Waals surface area (Å²) in [6.45, 7) is 6.98. The fraction of sp³-hybridized carbons (Fsp3) is 0.227. The van der Waals surface area contributed by atoms with E-state index in [1.165, 1.54) is 5.56 Å². The zero-order valence-corrected chi connectivity index (χ0v) is 16.3. The number of rotatable bonds is 7. The monoisotopic (exact) mass is 376 g/mol. The van der Waals surface area contributed by atoms with Crippen LogP contribution >= 0.6 is 0 Å². The van der Waals surface area contributed by atoms with Gasteiger partial charge < -0.3 is 15.4 Å². The van der Waals surface area contributed by atoms with Crippen molar-refractivity contribution in [1.82, 2.24) is 9.97 Å². The third kappa shape index (κ3) is 5.30. The molecule has 144 valence electrons. The summed E-state index contributed by atoms with van der Waals surface area (Å²) in [6.07, 6.45) is 0. The van der Waals surface area contributed by atoms with Gasteiger partial charge >= 0.3 is 0 Å². The van der Waals surface area contributed by atoms with Gasteiger partial charge in [0.15, 0.2) is 0 Å². The minimum absolute atomic E-state index is 0.284. The Morgan fingerprint density at radius 2 is 1.71 bits per heavy atom.